The van der Waals surface area contributed by atoms with Crippen molar-refractivity contribution in [1.29, 1.82) is 0 Å². The molecular weight excluding hydrogens is 354 g/mol. The van der Waals surface area contributed by atoms with Crippen LogP contribution in [0.25, 0.3) is 10.2 Å². The van der Waals surface area contributed by atoms with Crippen LogP contribution in [0.1, 0.15) is 20.3 Å². The lowest BCUT2D eigenvalue weighted by atomic mass is 10.1. The predicted molar refractivity (Wildman–Crippen MR) is 101 cm³/mol. The average Bonchev–Trinajstić information content (AvgIpc) is 3.18. The molecular formula is C18H23N3O4S. The Morgan fingerprint density at radius 1 is 1.50 bits per heavy atom. The number of nitrogens with zero attached hydrogens (tertiary/aromatic N) is 2. The van der Waals surface area contributed by atoms with Crippen LogP contribution < -0.4 is 10.1 Å². The minimum atomic E-state index is -0.368. The molecule has 0 radical (unpaired) electrons. The maximum atomic E-state index is 12.6. The third-order valence-electron chi connectivity index (χ3n) is 4.37. The van der Waals surface area contributed by atoms with Gasteiger partial charge in [-0.1, -0.05) is 11.3 Å². The molecule has 1 aromatic heterocycles. The number of aromatic nitrogens is 1. The van der Waals surface area contributed by atoms with E-state index in [1.807, 2.05) is 32.0 Å². The van der Waals surface area contributed by atoms with Gasteiger partial charge in [0.05, 0.1) is 35.4 Å². The van der Waals surface area contributed by atoms with Crippen molar-refractivity contribution in [2.75, 3.05) is 32.2 Å². The normalized spacial score (nSPS) is 18.3. The topological polar surface area (TPSA) is 80.8 Å². The lowest BCUT2D eigenvalue weighted by Gasteiger charge is -2.23. The molecule has 1 aliphatic heterocycles. The molecule has 2 atom stereocenters. The predicted octanol–water partition coefficient (Wildman–Crippen LogP) is 2.52. The van der Waals surface area contributed by atoms with Crippen molar-refractivity contribution in [1.82, 2.24) is 9.88 Å². The van der Waals surface area contributed by atoms with Gasteiger partial charge >= 0.3 is 0 Å². The van der Waals surface area contributed by atoms with Gasteiger partial charge in [0.1, 0.15) is 5.75 Å². The van der Waals surface area contributed by atoms with Crippen LogP contribution in [0.3, 0.4) is 0 Å². The van der Waals surface area contributed by atoms with Crippen molar-refractivity contribution in [3.63, 3.8) is 0 Å². The van der Waals surface area contributed by atoms with Gasteiger partial charge < -0.3 is 19.7 Å². The Hall–Kier alpha value is -2.19. The van der Waals surface area contributed by atoms with Crippen LogP contribution >= 0.6 is 11.3 Å². The lowest BCUT2D eigenvalue weighted by molar-refractivity contribution is -0.130. The fourth-order valence-electron chi connectivity index (χ4n) is 3.09. The number of fused-ring (bicyclic) bond motifs is 1. The van der Waals surface area contributed by atoms with Crippen molar-refractivity contribution < 1.29 is 19.1 Å². The first-order chi connectivity index (χ1) is 12.5. The number of carbonyl (C=O) groups is 2. The molecule has 0 saturated carbocycles. The number of anilines is 1. The molecule has 1 fully saturated rings. The van der Waals surface area contributed by atoms with Crippen molar-refractivity contribution >= 4 is 38.5 Å². The molecule has 26 heavy (non-hydrogen) atoms. The third kappa shape index (κ3) is 3.96. The molecule has 1 N–H and O–H groups in total. The number of thiazole rings is 1. The number of benzene rings is 1. The molecule has 0 bridgehead atoms. The van der Waals surface area contributed by atoms with Gasteiger partial charge in [0.2, 0.25) is 11.8 Å². The van der Waals surface area contributed by atoms with Gasteiger partial charge in [0.15, 0.2) is 5.13 Å². The van der Waals surface area contributed by atoms with E-state index >= 15 is 0 Å². The van der Waals surface area contributed by atoms with Crippen molar-refractivity contribution in [2.45, 2.75) is 26.3 Å². The number of nitrogens with one attached hydrogen (secondary N) is 1. The number of amides is 2. The van der Waals surface area contributed by atoms with Crippen LogP contribution in [0.4, 0.5) is 5.13 Å². The Balaban J connectivity index is 1.66. The fraction of sp³-hybridized carbons (Fsp3) is 0.500. The highest BCUT2D eigenvalue weighted by Crippen LogP contribution is 2.30. The highest BCUT2D eigenvalue weighted by Gasteiger charge is 2.36. The lowest BCUT2D eigenvalue weighted by Crippen LogP contribution is -2.38. The summed E-state index contributed by atoms with van der Waals surface area (Å²) in [4.78, 5) is 30.9. The zero-order valence-electron chi connectivity index (χ0n) is 15.2. The van der Waals surface area contributed by atoms with Crippen LogP contribution in [-0.4, -0.2) is 54.6 Å². The van der Waals surface area contributed by atoms with Gasteiger partial charge in [-0.05, 0) is 32.0 Å². The molecule has 7 nitrogen and oxygen atoms in total. The van der Waals surface area contributed by atoms with E-state index in [0.717, 1.165) is 16.0 Å². The molecule has 8 heteroatoms. The van der Waals surface area contributed by atoms with Gasteiger partial charge in [0.25, 0.3) is 0 Å². The van der Waals surface area contributed by atoms with Gasteiger partial charge in [0, 0.05) is 20.1 Å². The van der Waals surface area contributed by atoms with E-state index in [4.69, 9.17) is 9.47 Å². The maximum Gasteiger partial charge on any atom is 0.231 e. The van der Waals surface area contributed by atoms with Crippen LogP contribution in [0.2, 0.25) is 0 Å². The molecule has 2 amide bonds. The fourth-order valence-corrected chi connectivity index (χ4v) is 3.98. The van der Waals surface area contributed by atoms with Gasteiger partial charge in [-0.15, -0.1) is 0 Å². The molecule has 3 rings (SSSR count). The second kappa shape index (κ2) is 8.01. The number of likely N-dealkylation sites (tertiary alicyclic amines) is 1. The van der Waals surface area contributed by atoms with Crippen LogP contribution in [-0.2, 0) is 14.3 Å². The van der Waals surface area contributed by atoms with E-state index in [9.17, 15) is 9.59 Å². The highest BCUT2D eigenvalue weighted by molar-refractivity contribution is 7.22. The minimum absolute atomic E-state index is 0.0136. The van der Waals surface area contributed by atoms with Crippen molar-refractivity contribution in [3.05, 3.63) is 18.2 Å². The van der Waals surface area contributed by atoms with E-state index in [2.05, 4.69) is 10.3 Å². The Kier molecular flexibility index (Phi) is 5.73. The highest BCUT2D eigenvalue weighted by atomic mass is 32.1. The number of rotatable bonds is 7. The van der Waals surface area contributed by atoms with Gasteiger partial charge in [-0.3, -0.25) is 9.59 Å². The first-order valence-electron chi connectivity index (χ1n) is 8.64. The molecule has 1 aromatic carbocycles. The monoisotopic (exact) mass is 377 g/mol. The molecule has 1 saturated heterocycles. The molecule has 2 heterocycles. The van der Waals surface area contributed by atoms with Crippen LogP contribution in [0.15, 0.2) is 18.2 Å². The summed E-state index contributed by atoms with van der Waals surface area (Å²) in [5.74, 6) is 0.230. The molecule has 0 unspecified atom stereocenters. The second-order valence-corrected chi connectivity index (χ2v) is 7.35. The van der Waals surface area contributed by atoms with Gasteiger partial charge in [-0.2, -0.15) is 0 Å². The summed E-state index contributed by atoms with van der Waals surface area (Å²) < 4.78 is 11.5. The maximum absolute atomic E-state index is 12.6. The zero-order chi connectivity index (χ0) is 18.7. The van der Waals surface area contributed by atoms with E-state index in [-0.39, 0.29) is 30.2 Å². The number of carbonyl (C=O) groups excluding carboxylic acids is 2. The van der Waals surface area contributed by atoms with Crippen LogP contribution in [0.5, 0.6) is 5.75 Å². The number of hydrogen-bond acceptors (Lipinski definition) is 6. The molecule has 0 aliphatic carbocycles. The third-order valence-corrected chi connectivity index (χ3v) is 5.30. The molecule has 140 valence electrons. The molecule has 1 aliphatic rings. The minimum Gasteiger partial charge on any atom is -0.494 e. The first kappa shape index (κ1) is 18.6. The average molecular weight is 377 g/mol. The Morgan fingerprint density at radius 3 is 3.04 bits per heavy atom. The largest absolute Gasteiger partial charge is 0.494 e. The van der Waals surface area contributed by atoms with Crippen molar-refractivity contribution in [2.24, 2.45) is 5.92 Å². The Labute approximate surface area is 156 Å². The summed E-state index contributed by atoms with van der Waals surface area (Å²) in [7, 11) is 1.60. The van der Waals surface area contributed by atoms with Gasteiger partial charge in [-0.25, -0.2) is 4.98 Å². The Bertz CT molecular complexity index is 807. The number of methoxy groups -OCH3 is 1. The second-order valence-electron chi connectivity index (χ2n) is 6.32. The van der Waals surface area contributed by atoms with E-state index in [1.165, 1.54) is 11.3 Å². The van der Waals surface area contributed by atoms with E-state index in [0.29, 0.717) is 24.9 Å². The first-order valence-corrected chi connectivity index (χ1v) is 9.46. The molecule has 2 aromatic rings. The molecule has 0 spiro atoms. The number of ether oxygens (including phenoxy) is 2. The summed E-state index contributed by atoms with van der Waals surface area (Å²) in [6, 6.07) is 5.62. The summed E-state index contributed by atoms with van der Waals surface area (Å²) >= 11 is 1.40. The summed E-state index contributed by atoms with van der Waals surface area (Å²) in [5.41, 5.74) is 0.812. The zero-order valence-corrected chi connectivity index (χ0v) is 16.0. The van der Waals surface area contributed by atoms with Crippen molar-refractivity contribution in [3.8, 4) is 5.75 Å². The number of hydrogen-bond donors (Lipinski definition) is 1. The standard InChI is InChI=1S/C18H23N3O4S/c1-4-25-13-5-6-14-15(8-13)26-18(19-14)20-17(23)12-7-16(22)21(9-12)11(2)10-24-3/h5-6,8,11-12H,4,7,9-10H2,1-3H3,(H,19,20,23)/t11-,12-/m0/s1. The van der Waals surface area contributed by atoms with Crippen LogP contribution in [0, 0.1) is 5.92 Å². The summed E-state index contributed by atoms with van der Waals surface area (Å²) in [5, 5.41) is 3.39. The van der Waals surface area contributed by atoms with E-state index in [1.54, 1.807) is 12.0 Å². The smallest absolute Gasteiger partial charge is 0.231 e. The summed E-state index contributed by atoms with van der Waals surface area (Å²) in [6.45, 7) is 5.32. The SMILES string of the molecule is CCOc1ccc2nc(NC(=O)[C@H]3CC(=O)N([C@@H](C)COC)C3)sc2c1. The quantitative estimate of drug-likeness (QED) is 0.802. The Morgan fingerprint density at radius 2 is 2.31 bits per heavy atom. The van der Waals surface area contributed by atoms with E-state index < -0.39 is 0 Å². The summed E-state index contributed by atoms with van der Waals surface area (Å²) in [6.07, 6.45) is 0.221.